The maximum absolute atomic E-state index is 13.0. The molecule has 0 atom stereocenters. The van der Waals surface area contributed by atoms with Crippen LogP contribution in [0.15, 0.2) is 48.0 Å². The lowest BCUT2D eigenvalue weighted by Gasteiger charge is -2.33. The Morgan fingerprint density at radius 3 is 2.57 bits per heavy atom. The number of fused-ring (bicyclic) bond motifs is 1. The van der Waals surface area contributed by atoms with Crippen LogP contribution in [0.5, 0.6) is 5.75 Å². The highest BCUT2D eigenvalue weighted by Crippen LogP contribution is 2.33. The molecule has 0 radical (unpaired) electrons. The number of nitrogens with two attached hydrogens (primary N) is 1. The van der Waals surface area contributed by atoms with Gasteiger partial charge in [0.1, 0.15) is 17.7 Å². The van der Waals surface area contributed by atoms with Crippen LogP contribution in [0.4, 0.5) is 5.69 Å². The van der Waals surface area contributed by atoms with E-state index < -0.39 is 16.1 Å². The van der Waals surface area contributed by atoms with E-state index in [1.807, 2.05) is 24.0 Å². The second kappa shape index (κ2) is 10.6. The number of nitrogen functional groups attached to an aromatic ring is 1. The molecule has 196 valence electrons. The van der Waals surface area contributed by atoms with Crippen molar-refractivity contribution in [2.24, 2.45) is 5.73 Å². The fraction of sp³-hybridized carbons (Fsp3) is 0.346. The summed E-state index contributed by atoms with van der Waals surface area (Å²) in [6.07, 6.45) is 3.93. The number of hydrogen-bond donors (Lipinski definition) is 4. The lowest BCUT2D eigenvalue weighted by molar-refractivity contribution is 0.0977. The lowest BCUT2D eigenvalue weighted by Crippen LogP contribution is -2.49. The topological polar surface area (TPSA) is 153 Å². The largest absolute Gasteiger partial charge is 0.490 e. The molecule has 2 aliphatic heterocycles. The molecule has 0 saturated carbocycles. The second-order valence-corrected chi connectivity index (χ2v) is 10.8. The summed E-state index contributed by atoms with van der Waals surface area (Å²) in [5.41, 5.74) is 8.33. The predicted molar refractivity (Wildman–Crippen MR) is 145 cm³/mol. The highest BCUT2D eigenvalue weighted by atomic mass is 32.2. The van der Waals surface area contributed by atoms with E-state index in [0.717, 1.165) is 37.1 Å². The normalized spacial score (nSPS) is 17.7. The smallest absolute Gasteiger partial charge is 0.326 e. The van der Waals surface area contributed by atoms with Gasteiger partial charge in [-0.2, -0.15) is 8.42 Å². The molecule has 0 spiro atoms. The summed E-state index contributed by atoms with van der Waals surface area (Å²) < 4.78 is 35.4. The molecule has 0 aromatic heterocycles. The summed E-state index contributed by atoms with van der Waals surface area (Å²) in [6.45, 7) is 5.22. The number of likely N-dealkylation sites (tertiary alicyclic amines) is 1. The van der Waals surface area contributed by atoms with Crippen LogP contribution in [-0.4, -0.2) is 56.6 Å². The monoisotopic (exact) mass is 524 g/mol. The number of anilines is 1. The van der Waals surface area contributed by atoms with Crippen molar-refractivity contribution in [3.05, 3.63) is 64.7 Å². The third-order valence-electron chi connectivity index (χ3n) is 6.58. The minimum atomic E-state index is -4.09. The molecule has 5 N–H and O–H groups in total. The number of carbonyl (C=O) groups excluding carboxylic acids is 1. The Morgan fingerprint density at radius 2 is 1.92 bits per heavy atom. The first-order chi connectivity index (χ1) is 17.6. The first kappa shape index (κ1) is 26.2. The van der Waals surface area contributed by atoms with Crippen LogP contribution >= 0.6 is 0 Å². The molecule has 37 heavy (non-hydrogen) atoms. The molecule has 2 aliphatic rings. The summed E-state index contributed by atoms with van der Waals surface area (Å²) in [5, 5.41) is 15.4. The molecule has 4 rings (SSSR count). The quantitative estimate of drug-likeness (QED) is 0.323. The van der Waals surface area contributed by atoms with Gasteiger partial charge in [0.2, 0.25) is 0 Å². The van der Waals surface area contributed by atoms with E-state index in [9.17, 15) is 13.2 Å². The zero-order chi connectivity index (χ0) is 26.7. The lowest BCUT2D eigenvalue weighted by atomic mass is 10.0. The predicted octanol–water partition coefficient (Wildman–Crippen LogP) is 3.10. The number of piperidine rings is 1. The van der Waals surface area contributed by atoms with Gasteiger partial charge < -0.3 is 15.4 Å². The highest BCUT2D eigenvalue weighted by molar-refractivity contribution is 7.91. The molecule has 0 bridgehead atoms. The van der Waals surface area contributed by atoms with Crippen LogP contribution < -0.4 is 19.5 Å². The minimum Gasteiger partial charge on any atom is -0.490 e. The molecular weight excluding hydrogens is 492 g/mol. The minimum absolute atomic E-state index is 0.0412. The van der Waals surface area contributed by atoms with Crippen LogP contribution in [0.3, 0.4) is 0 Å². The SMILES string of the molecule is CC/C(=C/c1cccc(C(=N)N)c1)CN1c2ccc(OC3CCN(C(C)=N)CC3)cc2C(=O)NS1(=O)=O. The van der Waals surface area contributed by atoms with Gasteiger partial charge in [0.15, 0.2) is 0 Å². The van der Waals surface area contributed by atoms with Gasteiger partial charge in [-0.15, -0.1) is 0 Å². The van der Waals surface area contributed by atoms with Crippen molar-refractivity contribution in [2.75, 3.05) is 23.9 Å². The summed E-state index contributed by atoms with van der Waals surface area (Å²) in [6, 6.07) is 12.1. The van der Waals surface area contributed by atoms with Crippen molar-refractivity contribution in [1.82, 2.24) is 9.62 Å². The number of benzene rings is 2. The molecule has 1 fully saturated rings. The molecule has 11 heteroatoms. The van der Waals surface area contributed by atoms with Crippen molar-refractivity contribution < 1.29 is 17.9 Å². The Bertz CT molecular complexity index is 1360. The van der Waals surface area contributed by atoms with Gasteiger partial charge in [-0.05, 0) is 48.7 Å². The van der Waals surface area contributed by atoms with E-state index in [0.29, 0.717) is 29.3 Å². The van der Waals surface area contributed by atoms with Crippen molar-refractivity contribution in [3.8, 4) is 5.75 Å². The third-order valence-corrected chi connectivity index (χ3v) is 7.93. The summed E-state index contributed by atoms with van der Waals surface area (Å²) in [7, 11) is -4.09. The van der Waals surface area contributed by atoms with Crippen molar-refractivity contribution in [1.29, 1.82) is 10.8 Å². The molecule has 0 aliphatic carbocycles. The van der Waals surface area contributed by atoms with E-state index in [1.165, 1.54) is 4.31 Å². The molecule has 1 amide bonds. The fourth-order valence-corrected chi connectivity index (χ4v) is 5.70. The standard InChI is InChI=1S/C26H32N6O4S/c1-3-18(13-19-5-4-6-20(14-19)25(28)29)16-32-24-8-7-22(15-23(24)26(33)30-37(32,34)35)36-21-9-11-31(12-10-21)17(2)27/h4-8,13-15,21,27H,3,9-12,16H2,1-2H3,(H3,28,29)(H,30,33)/b18-13-,27-17?. The highest BCUT2D eigenvalue weighted by Gasteiger charge is 2.35. The number of nitrogens with zero attached hydrogens (tertiary/aromatic N) is 2. The molecular formula is C26H32N6O4S. The Morgan fingerprint density at radius 1 is 1.19 bits per heavy atom. The van der Waals surface area contributed by atoms with E-state index in [2.05, 4.69) is 4.72 Å². The maximum Gasteiger partial charge on any atom is 0.326 e. The fourth-order valence-electron chi connectivity index (χ4n) is 4.49. The molecule has 0 unspecified atom stereocenters. The van der Waals surface area contributed by atoms with Crippen LogP contribution in [-0.2, 0) is 10.2 Å². The van der Waals surface area contributed by atoms with Gasteiger partial charge in [0.05, 0.1) is 23.6 Å². The number of nitrogens with one attached hydrogen (secondary N) is 3. The van der Waals surface area contributed by atoms with Crippen molar-refractivity contribution in [3.63, 3.8) is 0 Å². The summed E-state index contributed by atoms with van der Waals surface area (Å²) in [4.78, 5) is 14.7. The van der Waals surface area contributed by atoms with E-state index in [1.54, 1.807) is 43.3 Å². The average molecular weight is 525 g/mol. The zero-order valence-corrected chi connectivity index (χ0v) is 21.8. The van der Waals surface area contributed by atoms with Crippen LogP contribution in [0.1, 0.15) is 54.6 Å². The maximum atomic E-state index is 13.0. The number of ether oxygens (including phenoxy) is 1. The van der Waals surface area contributed by atoms with Gasteiger partial charge in [-0.1, -0.05) is 31.2 Å². The first-order valence-corrected chi connectivity index (χ1v) is 13.6. The van der Waals surface area contributed by atoms with Gasteiger partial charge in [0, 0.05) is 31.5 Å². The van der Waals surface area contributed by atoms with Gasteiger partial charge in [-0.25, -0.2) is 9.03 Å². The average Bonchev–Trinajstić information content (AvgIpc) is 2.86. The van der Waals surface area contributed by atoms with Gasteiger partial charge >= 0.3 is 10.2 Å². The van der Waals surface area contributed by atoms with E-state index in [-0.39, 0.29) is 24.0 Å². The molecule has 10 nitrogen and oxygen atoms in total. The zero-order valence-electron chi connectivity index (χ0n) is 21.0. The number of carbonyl (C=O) groups is 1. The Kier molecular flexibility index (Phi) is 7.53. The first-order valence-electron chi connectivity index (χ1n) is 12.2. The molecule has 2 aromatic carbocycles. The number of amides is 1. The summed E-state index contributed by atoms with van der Waals surface area (Å²) >= 11 is 0. The van der Waals surface area contributed by atoms with Crippen molar-refractivity contribution in [2.45, 2.75) is 39.2 Å². The molecule has 2 aromatic rings. The number of amidine groups is 2. The van der Waals surface area contributed by atoms with Gasteiger partial charge in [0.25, 0.3) is 5.91 Å². The van der Waals surface area contributed by atoms with Crippen LogP contribution in [0.25, 0.3) is 6.08 Å². The Balaban J connectivity index is 1.57. The number of hydrogen-bond acceptors (Lipinski definition) is 6. The summed E-state index contributed by atoms with van der Waals surface area (Å²) in [5.74, 6) is 0.307. The van der Waals surface area contributed by atoms with Gasteiger partial charge in [-0.3, -0.25) is 15.6 Å². The third kappa shape index (κ3) is 5.93. The second-order valence-electron chi connectivity index (χ2n) is 9.21. The molecule has 2 heterocycles. The van der Waals surface area contributed by atoms with E-state index >= 15 is 0 Å². The van der Waals surface area contributed by atoms with E-state index in [4.69, 9.17) is 21.3 Å². The Labute approximate surface area is 217 Å². The number of rotatable bonds is 7. The van der Waals surface area contributed by atoms with Crippen molar-refractivity contribution >= 4 is 39.6 Å². The van der Waals surface area contributed by atoms with Crippen LogP contribution in [0, 0.1) is 10.8 Å². The Hall–Kier alpha value is -3.86. The molecule has 1 saturated heterocycles. The van der Waals surface area contributed by atoms with Crippen LogP contribution in [0.2, 0.25) is 0 Å².